The summed E-state index contributed by atoms with van der Waals surface area (Å²) in [6.07, 6.45) is 1.08. The van der Waals surface area contributed by atoms with Crippen molar-refractivity contribution in [3.05, 3.63) is 73.8 Å². The van der Waals surface area contributed by atoms with E-state index in [1.54, 1.807) is 12.1 Å². The molecule has 2 rings (SSSR count). The average molecular weight is 300 g/mol. The van der Waals surface area contributed by atoms with Gasteiger partial charge in [-0.2, -0.15) is 5.10 Å². The number of hydrogen-bond acceptors (Lipinski definition) is 6. The van der Waals surface area contributed by atoms with Crippen molar-refractivity contribution in [1.82, 2.24) is 0 Å². The molecule has 112 valence electrons. The zero-order chi connectivity index (χ0) is 16.1. The maximum absolute atomic E-state index is 11.0. The SMILES string of the molecule is Cc1ccc(N/N=C/c2c([N+](=O)[O-])cccc2[N+](=O)[O-])cc1. The van der Waals surface area contributed by atoms with Gasteiger partial charge in [0, 0.05) is 12.1 Å². The fraction of sp³-hybridized carbons (Fsp3) is 0.0714. The fourth-order valence-corrected chi connectivity index (χ4v) is 1.79. The van der Waals surface area contributed by atoms with Crippen LogP contribution < -0.4 is 5.43 Å². The van der Waals surface area contributed by atoms with Gasteiger partial charge < -0.3 is 0 Å². The molecule has 2 aromatic carbocycles. The third-order valence-corrected chi connectivity index (χ3v) is 2.89. The minimum Gasteiger partial charge on any atom is -0.278 e. The summed E-state index contributed by atoms with van der Waals surface area (Å²) in [4.78, 5) is 20.6. The fourth-order valence-electron chi connectivity index (χ4n) is 1.79. The van der Waals surface area contributed by atoms with E-state index in [-0.39, 0.29) is 16.9 Å². The Bertz CT molecular complexity index is 709. The van der Waals surface area contributed by atoms with Crippen molar-refractivity contribution < 1.29 is 9.85 Å². The highest BCUT2D eigenvalue weighted by molar-refractivity contribution is 5.91. The van der Waals surface area contributed by atoms with Crippen molar-refractivity contribution in [2.75, 3.05) is 5.43 Å². The Kier molecular flexibility index (Phi) is 4.42. The molecule has 0 heterocycles. The van der Waals surface area contributed by atoms with Gasteiger partial charge in [0.1, 0.15) is 5.56 Å². The Morgan fingerprint density at radius 2 is 1.55 bits per heavy atom. The van der Waals surface area contributed by atoms with Crippen LogP contribution in [-0.2, 0) is 0 Å². The molecule has 0 unspecified atom stereocenters. The number of hydrogen-bond donors (Lipinski definition) is 1. The lowest BCUT2D eigenvalue weighted by Crippen LogP contribution is -2.01. The summed E-state index contributed by atoms with van der Waals surface area (Å²) in [5.74, 6) is 0. The van der Waals surface area contributed by atoms with E-state index >= 15 is 0 Å². The lowest BCUT2D eigenvalue weighted by molar-refractivity contribution is -0.394. The van der Waals surface area contributed by atoms with Gasteiger partial charge in [0.05, 0.1) is 21.7 Å². The van der Waals surface area contributed by atoms with Crippen LogP contribution in [0.4, 0.5) is 17.1 Å². The van der Waals surface area contributed by atoms with Gasteiger partial charge in [-0.1, -0.05) is 17.7 Å². The molecule has 0 spiro atoms. The number of hydrazone groups is 1. The zero-order valence-electron chi connectivity index (χ0n) is 11.6. The molecule has 1 N–H and O–H groups in total. The Balaban J connectivity index is 2.31. The van der Waals surface area contributed by atoms with E-state index in [1.165, 1.54) is 18.2 Å². The molecule has 22 heavy (non-hydrogen) atoms. The number of anilines is 1. The number of nitro groups is 2. The molecule has 0 aliphatic carbocycles. The molecule has 0 aliphatic rings. The number of nitrogens with one attached hydrogen (secondary N) is 1. The minimum absolute atomic E-state index is 0.155. The summed E-state index contributed by atoms with van der Waals surface area (Å²) in [7, 11) is 0. The molecule has 0 radical (unpaired) electrons. The summed E-state index contributed by atoms with van der Waals surface area (Å²) in [6, 6.07) is 10.9. The van der Waals surface area contributed by atoms with Crippen LogP contribution in [0.3, 0.4) is 0 Å². The number of benzene rings is 2. The van der Waals surface area contributed by atoms with Gasteiger partial charge in [0.25, 0.3) is 11.4 Å². The molecule has 0 aromatic heterocycles. The molecule has 0 fully saturated rings. The largest absolute Gasteiger partial charge is 0.285 e. The molecule has 0 aliphatic heterocycles. The van der Waals surface area contributed by atoms with Crippen molar-refractivity contribution >= 4 is 23.3 Å². The van der Waals surface area contributed by atoms with E-state index < -0.39 is 9.85 Å². The monoisotopic (exact) mass is 300 g/mol. The summed E-state index contributed by atoms with van der Waals surface area (Å²) in [6.45, 7) is 1.93. The van der Waals surface area contributed by atoms with E-state index in [0.29, 0.717) is 5.69 Å². The third kappa shape index (κ3) is 3.42. The molecule has 2 aromatic rings. The third-order valence-electron chi connectivity index (χ3n) is 2.89. The molecule has 0 amide bonds. The Morgan fingerprint density at radius 1 is 1.00 bits per heavy atom. The standard InChI is InChI=1S/C14H12N4O4/c1-10-5-7-11(8-6-10)16-15-9-12-13(17(19)20)3-2-4-14(12)18(21)22/h2-9,16H,1H3/b15-9+. The van der Waals surface area contributed by atoms with E-state index in [1.807, 2.05) is 19.1 Å². The first kappa shape index (κ1) is 15.1. The van der Waals surface area contributed by atoms with Crippen molar-refractivity contribution in [2.24, 2.45) is 5.10 Å². The zero-order valence-corrected chi connectivity index (χ0v) is 11.6. The first-order valence-corrected chi connectivity index (χ1v) is 6.26. The Morgan fingerprint density at radius 3 is 2.05 bits per heavy atom. The molecule has 8 heteroatoms. The lowest BCUT2D eigenvalue weighted by atomic mass is 10.1. The van der Waals surface area contributed by atoms with Crippen LogP contribution in [0.25, 0.3) is 0 Å². The number of rotatable bonds is 5. The quantitative estimate of drug-likeness (QED) is 0.517. The van der Waals surface area contributed by atoms with Crippen molar-refractivity contribution in [3.8, 4) is 0 Å². The Hall–Kier alpha value is -3.29. The smallest absolute Gasteiger partial charge is 0.278 e. The van der Waals surface area contributed by atoms with Gasteiger partial charge in [-0.25, -0.2) is 0 Å². The topological polar surface area (TPSA) is 111 Å². The summed E-state index contributed by atoms with van der Waals surface area (Å²) >= 11 is 0. The maximum atomic E-state index is 11.0. The van der Waals surface area contributed by atoms with Crippen molar-refractivity contribution in [2.45, 2.75) is 6.92 Å². The first-order valence-electron chi connectivity index (χ1n) is 6.26. The highest BCUT2D eigenvalue weighted by Crippen LogP contribution is 2.26. The summed E-state index contributed by atoms with van der Waals surface area (Å²) < 4.78 is 0. The lowest BCUT2D eigenvalue weighted by Gasteiger charge is -2.01. The number of aryl methyl sites for hydroxylation is 1. The van der Waals surface area contributed by atoms with Gasteiger partial charge in [-0.05, 0) is 25.1 Å². The molecular weight excluding hydrogens is 288 g/mol. The van der Waals surface area contributed by atoms with E-state index in [4.69, 9.17) is 0 Å². The van der Waals surface area contributed by atoms with Gasteiger partial charge in [-0.3, -0.25) is 25.7 Å². The maximum Gasteiger partial charge on any atom is 0.285 e. The van der Waals surface area contributed by atoms with Crippen LogP contribution in [0.5, 0.6) is 0 Å². The predicted molar refractivity (Wildman–Crippen MR) is 82.1 cm³/mol. The second-order valence-electron chi connectivity index (χ2n) is 4.46. The number of nitro benzene ring substituents is 2. The van der Waals surface area contributed by atoms with Gasteiger partial charge >= 0.3 is 0 Å². The van der Waals surface area contributed by atoms with Crippen LogP contribution in [0, 0.1) is 27.2 Å². The number of nitrogens with zero attached hydrogens (tertiary/aromatic N) is 3. The van der Waals surface area contributed by atoms with Crippen LogP contribution in [0.1, 0.15) is 11.1 Å². The molecule has 0 saturated carbocycles. The summed E-state index contributed by atoms with van der Waals surface area (Å²) in [5, 5.41) is 25.8. The van der Waals surface area contributed by atoms with Crippen LogP contribution >= 0.6 is 0 Å². The molecule has 0 bridgehead atoms. The molecule has 0 saturated heterocycles. The van der Waals surface area contributed by atoms with E-state index in [2.05, 4.69) is 10.5 Å². The second kappa shape index (κ2) is 6.44. The first-order chi connectivity index (χ1) is 10.5. The van der Waals surface area contributed by atoms with Gasteiger partial charge in [0.2, 0.25) is 0 Å². The Labute approximate surface area is 125 Å². The van der Waals surface area contributed by atoms with Gasteiger partial charge in [0.15, 0.2) is 0 Å². The normalized spacial score (nSPS) is 10.6. The highest BCUT2D eigenvalue weighted by atomic mass is 16.6. The predicted octanol–water partition coefficient (Wildman–Crippen LogP) is 3.26. The average Bonchev–Trinajstić information content (AvgIpc) is 2.49. The highest BCUT2D eigenvalue weighted by Gasteiger charge is 2.22. The van der Waals surface area contributed by atoms with Crippen molar-refractivity contribution in [3.63, 3.8) is 0 Å². The van der Waals surface area contributed by atoms with E-state index in [9.17, 15) is 20.2 Å². The molecule has 0 atom stereocenters. The van der Waals surface area contributed by atoms with Crippen LogP contribution in [0.15, 0.2) is 47.6 Å². The van der Waals surface area contributed by atoms with Crippen LogP contribution in [0.2, 0.25) is 0 Å². The van der Waals surface area contributed by atoms with Crippen LogP contribution in [-0.4, -0.2) is 16.1 Å². The van der Waals surface area contributed by atoms with Gasteiger partial charge in [-0.15, -0.1) is 0 Å². The second-order valence-corrected chi connectivity index (χ2v) is 4.46. The molecule has 8 nitrogen and oxygen atoms in total. The summed E-state index contributed by atoms with van der Waals surface area (Å²) in [5.41, 5.74) is 3.52. The van der Waals surface area contributed by atoms with Crippen molar-refractivity contribution in [1.29, 1.82) is 0 Å². The van der Waals surface area contributed by atoms with E-state index in [0.717, 1.165) is 11.8 Å². The minimum atomic E-state index is -0.680. The molecular formula is C14H12N4O4.